The van der Waals surface area contributed by atoms with Crippen molar-refractivity contribution in [2.24, 2.45) is 5.73 Å². The van der Waals surface area contributed by atoms with E-state index in [2.05, 4.69) is 4.90 Å². The van der Waals surface area contributed by atoms with E-state index < -0.39 is 0 Å². The Labute approximate surface area is 113 Å². The van der Waals surface area contributed by atoms with Crippen LogP contribution in [-0.2, 0) is 22.6 Å². The zero-order valence-electron chi connectivity index (χ0n) is 11.4. The molecule has 2 N–H and O–H groups in total. The lowest BCUT2D eigenvalue weighted by Gasteiger charge is -2.16. The molecule has 0 bridgehead atoms. The standard InChI is InChI=1S/C14H21FN2O2/c1-18-12-8-17(9-13(12)19-2)7-11-5-3-4-10(6-16)14(11)15/h3-5,12-13H,6-9,16H2,1-2H3. The Hall–Kier alpha value is -1.01. The summed E-state index contributed by atoms with van der Waals surface area (Å²) in [7, 11) is 3.35. The Morgan fingerprint density at radius 3 is 2.32 bits per heavy atom. The number of hydrogen-bond donors (Lipinski definition) is 1. The van der Waals surface area contributed by atoms with Gasteiger partial charge in [-0.1, -0.05) is 18.2 Å². The molecular formula is C14H21FN2O2. The summed E-state index contributed by atoms with van der Waals surface area (Å²) in [5.74, 6) is -0.195. The van der Waals surface area contributed by atoms with Crippen LogP contribution < -0.4 is 5.73 Å². The highest BCUT2D eigenvalue weighted by Gasteiger charge is 2.33. The quantitative estimate of drug-likeness (QED) is 0.869. The fourth-order valence-corrected chi connectivity index (χ4v) is 2.55. The molecule has 5 heteroatoms. The first-order chi connectivity index (χ1) is 9.19. The zero-order chi connectivity index (χ0) is 13.8. The van der Waals surface area contributed by atoms with Gasteiger partial charge in [-0.15, -0.1) is 0 Å². The predicted octanol–water partition coefficient (Wildman–Crippen LogP) is 1.13. The van der Waals surface area contributed by atoms with Crippen LogP contribution in [0.2, 0.25) is 0 Å². The Morgan fingerprint density at radius 1 is 1.21 bits per heavy atom. The second-order valence-corrected chi connectivity index (χ2v) is 4.84. The van der Waals surface area contributed by atoms with Gasteiger partial charge in [-0.05, 0) is 0 Å². The molecule has 2 atom stereocenters. The minimum Gasteiger partial charge on any atom is -0.377 e. The molecule has 0 saturated carbocycles. The number of hydrogen-bond acceptors (Lipinski definition) is 4. The molecule has 1 aliphatic rings. The average Bonchev–Trinajstić information content (AvgIpc) is 2.83. The van der Waals surface area contributed by atoms with E-state index >= 15 is 0 Å². The van der Waals surface area contributed by atoms with Gasteiger partial charge >= 0.3 is 0 Å². The van der Waals surface area contributed by atoms with Crippen molar-refractivity contribution in [2.45, 2.75) is 25.3 Å². The highest BCUT2D eigenvalue weighted by atomic mass is 19.1. The van der Waals surface area contributed by atoms with Gasteiger partial charge in [0, 0.05) is 51.5 Å². The summed E-state index contributed by atoms with van der Waals surface area (Å²) in [5.41, 5.74) is 6.76. The number of ether oxygens (including phenoxy) is 2. The van der Waals surface area contributed by atoms with Gasteiger partial charge in [-0.3, -0.25) is 4.90 Å². The van der Waals surface area contributed by atoms with Crippen LogP contribution in [0.3, 0.4) is 0 Å². The van der Waals surface area contributed by atoms with Crippen LogP contribution in [0.25, 0.3) is 0 Å². The fourth-order valence-electron chi connectivity index (χ4n) is 2.55. The maximum atomic E-state index is 14.1. The summed E-state index contributed by atoms with van der Waals surface area (Å²) in [6.07, 6.45) is 0.0940. The van der Waals surface area contributed by atoms with Gasteiger partial charge in [0.05, 0.1) is 12.2 Å². The Morgan fingerprint density at radius 2 is 1.79 bits per heavy atom. The molecule has 2 rings (SSSR count). The number of rotatable bonds is 5. The number of benzene rings is 1. The summed E-state index contributed by atoms with van der Waals surface area (Å²) in [4.78, 5) is 2.14. The van der Waals surface area contributed by atoms with E-state index in [1.807, 2.05) is 6.07 Å². The Bertz CT molecular complexity index is 416. The van der Waals surface area contributed by atoms with Crippen LogP contribution in [-0.4, -0.2) is 44.4 Å². The smallest absolute Gasteiger partial charge is 0.132 e. The Balaban J connectivity index is 2.06. The third-order valence-electron chi connectivity index (χ3n) is 3.67. The molecule has 2 unspecified atom stereocenters. The fraction of sp³-hybridized carbons (Fsp3) is 0.571. The van der Waals surface area contributed by atoms with E-state index in [1.54, 1.807) is 26.4 Å². The summed E-state index contributed by atoms with van der Waals surface area (Å²) < 4.78 is 24.9. The van der Waals surface area contributed by atoms with E-state index in [9.17, 15) is 4.39 Å². The summed E-state index contributed by atoms with van der Waals surface area (Å²) in [6.45, 7) is 2.28. The summed E-state index contributed by atoms with van der Waals surface area (Å²) in [5, 5.41) is 0. The van der Waals surface area contributed by atoms with Crippen LogP contribution >= 0.6 is 0 Å². The SMILES string of the molecule is COC1CN(Cc2cccc(CN)c2F)CC1OC. The number of methoxy groups -OCH3 is 2. The maximum Gasteiger partial charge on any atom is 0.132 e. The molecular weight excluding hydrogens is 247 g/mol. The topological polar surface area (TPSA) is 47.7 Å². The van der Waals surface area contributed by atoms with Gasteiger partial charge in [0.1, 0.15) is 5.82 Å². The lowest BCUT2D eigenvalue weighted by atomic mass is 10.1. The van der Waals surface area contributed by atoms with Crippen molar-refractivity contribution in [2.75, 3.05) is 27.3 Å². The minimum atomic E-state index is -0.195. The van der Waals surface area contributed by atoms with Crippen LogP contribution in [0.4, 0.5) is 4.39 Å². The first kappa shape index (κ1) is 14.4. The normalized spacial score (nSPS) is 24.0. The Kier molecular flexibility index (Phi) is 4.87. The monoisotopic (exact) mass is 268 g/mol. The second-order valence-electron chi connectivity index (χ2n) is 4.84. The van der Waals surface area contributed by atoms with Crippen molar-refractivity contribution in [3.05, 3.63) is 35.1 Å². The lowest BCUT2D eigenvalue weighted by molar-refractivity contribution is -0.00461. The molecule has 4 nitrogen and oxygen atoms in total. The molecule has 1 aromatic rings. The molecule has 106 valence electrons. The first-order valence-electron chi connectivity index (χ1n) is 6.43. The molecule has 0 amide bonds. The molecule has 0 radical (unpaired) electrons. The van der Waals surface area contributed by atoms with Gasteiger partial charge in [0.15, 0.2) is 0 Å². The van der Waals surface area contributed by atoms with Crippen molar-refractivity contribution in [1.82, 2.24) is 4.90 Å². The van der Waals surface area contributed by atoms with Crippen molar-refractivity contribution in [3.63, 3.8) is 0 Å². The molecule has 1 saturated heterocycles. The van der Waals surface area contributed by atoms with Gasteiger partial charge in [0.25, 0.3) is 0 Å². The molecule has 1 heterocycles. The lowest BCUT2D eigenvalue weighted by Crippen LogP contribution is -2.27. The largest absolute Gasteiger partial charge is 0.377 e. The molecule has 1 aliphatic heterocycles. The van der Waals surface area contributed by atoms with Crippen molar-refractivity contribution in [3.8, 4) is 0 Å². The van der Waals surface area contributed by atoms with E-state index in [0.29, 0.717) is 17.7 Å². The van der Waals surface area contributed by atoms with Crippen LogP contribution in [0.1, 0.15) is 11.1 Å². The number of nitrogens with two attached hydrogens (primary N) is 1. The first-order valence-corrected chi connectivity index (χ1v) is 6.43. The second kappa shape index (κ2) is 6.43. The van der Waals surface area contributed by atoms with Gasteiger partial charge in [-0.2, -0.15) is 0 Å². The van der Waals surface area contributed by atoms with E-state index in [-0.39, 0.29) is 24.6 Å². The maximum absolute atomic E-state index is 14.1. The molecule has 1 fully saturated rings. The number of halogens is 1. The predicted molar refractivity (Wildman–Crippen MR) is 71.2 cm³/mol. The molecule has 0 aromatic heterocycles. The van der Waals surface area contributed by atoms with E-state index in [4.69, 9.17) is 15.2 Å². The average molecular weight is 268 g/mol. The molecule has 0 aliphatic carbocycles. The molecule has 1 aromatic carbocycles. The zero-order valence-corrected chi connectivity index (χ0v) is 11.4. The number of likely N-dealkylation sites (tertiary alicyclic amines) is 1. The van der Waals surface area contributed by atoms with Crippen molar-refractivity contribution >= 4 is 0 Å². The molecule has 0 spiro atoms. The highest BCUT2D eigenvalue weighted by molar-refractivity contribution is 5.26. The third-order valence-corrected chi connectivity index (χ3v) is 3.67. The van der Waals surface area contributed by atoms with E-state index in [1.165, 1.54) is 0 Å². The van der Waals surface area contributed by atoms with Gasteiger partial charge in [-0.25, -0.2) is 4.39 Å². The van der Waals surface area contributed by atoms with Crippen molar-refractivity contribution < 1.29 is 13.9 Å². The van der Waals surface area contributed by atoms with Crippen LogP contribution in [0, 0.1) is 5.82 Å². The molecule has 19 heavy (non-hydrogen) atoms. The third kappa shape index (κ3) is 3.12. The highest BCUT2D eigenvalue weighted by Crippen LogP contribution is 2.20. The summed E-state index contributed by atoms with van der Waals surface area (Å²) in [6, 6.07) is 5.37. The van der Waals surface area contributed by atoms with Gasteiger partial charge < -0.3 is 15.2 Å². The summed E-state index contributed by atoms with van der Waals surface area (Å²) >= 11 is 0. The van der Waals surface area contributed by atoms with Crippen molar-refractivity contribution in [1.29, 1.82) is 0 Å². The van der Waals surface area contributed by atoms with Gasteiger partial charge in [0.2, 0.25) is 0 Å². The minimum absolute atomic E-state index is 0.0470. The number of nitrogens with zero attached hydrogens (tertiary/aromatic N) is 1. The van der Waals surface area contributed by atoms with E-state index in [0.717, 1.165) is 13.1 Å². The van der Waals surface area contributed by atoms with Crippen LogP contribution in [0.15, 0.2) is 18.2 Å². The van der Waals surface area contributed by atoms with Crippen LogP contribution in [0.5, 0.6) is 0 Å².